The maximum Gasteiger partial charge on any atom is 0.0480 e. The third-order valence-corrected chi connectivity index (χ3v) is 11.4. The van der Waals surface area contributed by atoms with Gasteiger partial charge in [0, 0.05) is 11.8 Å². The molecule has 8 rings (SSSR count). The Morgan fingerprint density at radius 1 is 0.268 bits per heavy atom. The summed E-state index contributed by atoms with van der Waals surface area (Å²) in [5.74, 6) is 0.831. The van der Waals surface area contributed by atoms with Crippen molar-refractivity contribution in [2.24, 2.45) is 0 Å². The van der Waals surface area contributed by atoms with Crippen LogP contribution < -0.4 is 0 Å². The van der Waals surface area contributed by atoms with Gasteiger partial charge in [0.25, 0.3) is 0 Å². The van der Waals surface area contributed by atoms with Crippen LogP contribution in [-0.2, 0) is 11.8 Å². The Balaban J connectivity index is 1.40. The summed E-state index contributed by atoms with van der Waals surface area (Å²) >= 11 is 13.1. The number of alkyl halides is 2. The molecule has 0 aromatic heterocycles. The highest BCUT2D eigenvalue weighted by Gasteiger charge is 2.15. The van der Waals surface area contributed by atoms with Crippen molar-refractivity contribution in [3.63, 3.8) is 0 Å². The predicted octanol–water partition coefficient (Wildman–Crippen LogP) is 16.1. The summed E-state index contributed by atoms with van der Waals surface area (Å²) in [5.41, 5.74) is 23.4. The molecule has 0 saturated heterocycles. The van der Waals surface area contributed by atoms with Crippen molar-refractivity contribution < 1.29 is 0 Å². The monoisotopic (exact) mass is 762 g/mol. The summed E-state index contributed by atoms with van der Waals surface area (Å²) in [5, 5.41) is 0. The van der Waals surface area contributed by atoms with E-state index in [9.17, 15) is 0 Å². The fourth-order valence-corrected chi connectivity index (χ4v) is 7.85. The van der Waals surface area contributed by atoms with Crippen LogP contribution in [0, 0.1) is 27.7 Å². The van der Waals surface area contributed by atoms with Crippen LogP contribution >= 0.6 is 23.2 Å². The van der Waals surface area contributed by atoms with Gasteiger partial charge < -0.3 is 0 Å². The van der Waals surface area contributed by atoms with E-state index in [0.29, 0.717) is 11.8 Å². The molecule has 0 aliphatic rings. The van der Waals surface area contributed by atoms with Crippen LogP contribution in [0.5, 0.6) is 0 Å². The van der Waals surface area contributed by atoms with Crippen molar-refractivity contribution in [2.75, 3.05) is 0 Å². The van der Waals surface area contributed by atoms with E-state index < -0.39 is 0 Å². The fraction of sp³-hybridized carbons (Fsp3) is 0.111. The van der Waals surface area contributed by atoms with Gasteiger partial charge in [-0.25, -0.2) is 0 Å². The van der Waals surface area contributed by atoms with E-state index in [1.54, 1.807) is 0 Å². The Morgan fingerprint density at radius 2 is 0.536 bits per heavy atom. The molecule has 0 spiro atoms. The Kier molecular flexibility index (Phi) is 10.8. The van der Waals surface area contributed by atoms with E-state index in [-0.39, 0.29) is 0 Å². The molecule has 0 aliphatic heterocycles. The SMILES string of the molecule is Cc1ccc(-c2cc(-c3ccc(C)cc3)cc(-c3cc(-c4cc(-c5ccc(C)cc5)cc(-c5ccc(C)cc5)c4)cc(-c4cc(CCl)ccc4CCl)c3)c2)cc1. The number of aryl methyl sites for hydroxylation is 4. The van der Waals surface area contributed by atoms with Gasteiger partial charge in [-0.1, -0.05) is 131 Å². The highest BCUT2D eigenvalue weighted by atomic mass is 35.5. The first-order valence-corrected chi connectivity index (χ1v) is 20.3. The molecule has 274 valence electrons. The molecule has 0 atom stereocenters. The highest BCUT2D eigenvalue weighted by molar-refractivity contribution is 6.18. The van der Waals surface area contributed by atoms with Crippen molar-refractivity contribution in [3.8, 4) is 77.9 Å². The Morgan fingerprint density at radius 3 is 0.804 bits per heavy atom. The lowest BCUT2D eigenvalue weighted by Crippen LogP contribution is -1.93. The second-order valence-corrected chi connectivity index (χ2v) is 15.7. The summed E-state index contributed by atoms with van der Waals surface area (Å²) in [6.45, 7) is 8.55. The molecule has 8 aromatic rings. The van der Waals surface area contributed by atoms with Gasteiger partial charge in [0.1, 0.15) is 0 Å². The molecule has 0 amide bonds. The van der Waals surface area contributed by atoms with E-state index in [4.69, 9.17) is 23.2 Å². The van der Waals surface area contributed by atoms with Gasteiger partial charge in [-0.3, -0.25) is 0 Å². The van der Waals surface area contributed by atoms with Gasteiger partial charge in [-0.15, -0.1) is 23.2 Å². The third-order valence-electron chi connectivity index (χ3n) is 10.8. The van der Waals surface area contributed by atoms with Crippen LogP contribution in [-0.4, -0.2) is 0 Å². The summed E-state index contributed by atoms with van der Waals surface area (Å²) in [7, 11) is 0. The summed E-state index contributed by atoms with van der Waals surface area (Å²) in [4.78, 5) is 0. The Labute approximate surface area is 342 Å². The summed E-state index contributed by atoms with van der Waals surface area (Å²) in [6.07, 6.45) is 0. The Hall–Kier alpha value is -5.66. The van der Waals surface area contributed by atoms with Crippen LogP contribution in [0.25, 0.3) is 77.9 Å². The first kappa shape index (κ1) is 37.3. The molecule has 0 nitrogen and oxygen atoms in total. The molecule has 0 heterocycles. The van der Waals surface area contributed by atoms with Gasteiger partial charge in [0.05, 0.1) is 0 Å². The second-order valence-electron chi connectivity index (χ2n) is 15.1. The molecular weight excluding hydrogens is 720 g/mol. The van der Waals surface area contributed by atoms with Gasteiger partial charge in [-0.2, -0.15) is 0 Å². The number of hydrogen-bond acceptors (Lipinski definition) is 0. The predicted molar refractivity (Wildman–Crippen MR) is 243 cm³/mol. The zero-order valence-electron chi connectivity index (χ0n) is 32.3. The van der Waals surface area contributed by atoms with Crippen LogP contribution in [0.1, 0.15) is 33.4 Å². The van der Waals surface area contributed by atoms with Crippen LogP contribution in [0.4, 0.5) is 0 Å². The van der Waals surface area contributed by atoms with Crippen LogP contribution in [0.15, 0.2) is 170 Å². The quantitative estimate of drug-likeness (QED) is 0.128. The molecule has 0 fully saturated rings. The zero-order valence-corrected chi connectivity index (χ0v) is 33.8. The third kappa shape index (κ3) is 8.14. The van der Waals surface area contributed by atoms with E-state index in [1.165, 1.54) is 66.8 Å². The van der Waals surface area contributed by atoms with E-state index in [2.05, 4.69) is 198 Å². The lowest BCUT2D eigenvalue weighted by atomic mass is 9.87. The zero-order chi connectivity index (χ0) is 38.8. The van der Waals surface area contributed by atoms with Gasteiger partial charge >= 0.3 is 0 Å². The minimum Gasteiger partial charge on any atom is -0.122 e. The average Bonchev–Trinajstić information content (AvgIpc) is 3.24. The minimum atomic E-state index is 0.401. The number of hydrogen-bond donors (Lipinski definition) is 0. The first-order valence-electron chi connectivity index (χ1n) is 19.2. The molecule has 0 radical (unpaired) electrons. The molecule has 0 unspecified atom stereocenters. The average molecular weight is 764 g/mol. The smallest absolute Gasteiger partial charge is 0.0480 e. The summed E-state index contributed by atoms with van der Waals surface area (Å²) in [6, 6.07) is 62.7. The van der Waals surface area contributed by atoms with Crippen molar-refractivity contribution in [1.82, 2.24) is 0 Å². The second kappa shape index (κ2) is 16.2. The lowest BCUT2D eigenvalue weighted by Gasteiger charge is -2.17. The van der Waals surface area contributed by atoms with Crippen LogP contribution in [0.2, 0.25) is 0 Å². The van der Waals surface area contributed by atoms with E-state index in [0.717, 1.165) is 44.5 Å². The van der Waals surface area contributed by atoms with Crippen molar-refractivity contribution >= 4 is 23.2 Å². The fourth-order valence-electron chi connectivity index (χ4n) is 7.45. The number of rotatable bonds is 9. The molecule has 2 heteroatoms. The molecule has 56 heavy (non-hydrogen) atoms. The Bertz CT molecular complexity index is 2360. The maximum atomic E-state index is 6.66. The topological polar surface area (TPSA) is 0 Å². The largest absolute Gasteiger partial charge is 0.122 e. The highest BCUT2D eigenvalue weighted by Crippen LogP contribution is 2.41. The lowest BCUT2D eigenvalue weighted by molar-refractivity contribution is 1.33. The molecule has 0 N–H and O–H groups in total. The van der Waals surface area contributed by atoms with Gasteiger partial charge in [-0.05, 0) is 177 Å². The van der Waals surface area contributed by atoms with E-state index >= 15 is 0 Å². The number of halogens is 2. The van der Waals surface area contributed by atoms with Crippen molar-refractivity contribution in [2.45, 2.75) is 39.5 Å². The van der Waals surface area contributed by atoms with Gasteiger partial charge in [0.15, 0.2) is 0 Å². The van der Waals surface area contributed by atoms with Crippen molar-refractivity contribution in [3.05, 3.63) is 203 Å². The molecule has 0 aliphatic carbocycles. The summed E-state index contributed by atoms with van der Waals surface area (Å²) < 4.78 is 0. The van der Waals surface area contributed by atoms with E-state index in [1.807, 2.05) is 0 Å². The van der Waals surface area contributed by atoms with Gasteiger partial charge in [0.2, 0.25) is 0 Å². The molecule has 8 aromatic carbocycles. The number of benzene rings is 8. The molecule has 0 bridgehead atoms. The standard InChI is InChI=1S/C54H44Cl2/c1-35-5-14-40(15-6-35)45-24-46(41-16-7-36(2)8-17-41)27-49(26-45)51-30-52(32-53(31-51)54-23-39(33-55)13-22-44(54)34-56)50-28-47(42-18-9-37(3)10-19-42)25-48(29-50)43-20-11-38(4)12-21-43/h5-32H,33-34H2,1-4H3. The maximum absolute atomic E-state index is 6.66. The minimum absolute atomic E-state index is 0.401. The molecular formula is C54H44Cl2. The van der Waals surface area contributed by atoms with Crippen molar-refractivity contribution in [1.29, 1.82) is 0 Å². The first-order chi connectivity index (χ1) is 27.2. The molecule has 0 saturated carbocycles. The van der Waals surface area contributed by atoms with Crippen LogP contribution in [0.3, 0.4) is 0 Å². The normalized spacial score (nSPS) is 11.2.